The van der Waals surface area contributed by atoms with Gasteiger partial charge in [0, 0.05) is 30.3 Å². The molecule has 0 spiro atoms. The minimum absolute atomic E-state index is 0.101. The lowest BCUT2D eigenvalue weighted by Crippen LogP contribution is -1.96. The van der Waals surface area contributed by atoms with Crippen molar-refractivity contribution in [2.24, 2.45) is 5.73 Å². The van der Waals surface area contributed by atoms with E-state index in [1.165, 1.54) is 0 Å². The van der Waals surface area contributed by atoms with Gasteiger partial charge in [0.1, 0.15) is 35.5 Å². The van der Waals surface area contributed by atoms with Gasteiger partial charge in [0.15, 0.2) is 0 Å². The zero-order valence-corrected chi connectivity index (χ0v) is 9.87. The first-order valence-corrected chi connectivity index (χ1v) is 5.45. The van der Waals surface area contributed by atoms with Crippen molar-refractivity contribution in [3.05, 3.63) is 53.0 Å². The zero-order valence-electron chi connectivity index (χ0n) is 9.87. The Bertz CT molecular complexity index is 532. The van der Waals surface area contributed by atoms with Crippen molar-refractivity contribution < 1.29 is 17.9 Å². The van der Waals surface area contributed by atoms with Crippen LogP contribution in [0.1, 0.15) is 17.1 Å². The summed E-state index contributed by atoms with van der Waals surface area (Å²) < 4.78 is 36.5. The molecular formula is C13H13F2NO2. The Morgan fingerprint density at radius 1 is 1.17 bits per heavy atom. The first-order valence-electron chi connectivity index (χ1n) is 5.45. The summed E-state index contributed by atoms with van der Waals surface area (Å²) in [6.45, 7) is 2.28. The van der Waals surface area contributed by atoms with Gasteiger partial charge in [-0.05, 0) is 13.0 Å². The number of hydrogen-bond acceptors (Lipinski definition) is 3. The number of aryl methyl sites for hydroxylation is 1. The molecule has 18 heavy (non-hydrogen) atoms. The maximum Gasteiger partial charge on any atom is 0.146 e. The molecule has 2 N–H and O–H groups in total. The maximum absolute atomic E-state index is 12.9. The lowest BCUT2D eigenvalue weighted by atomic mass is 10.2. The number of ether oxygens (including phenoxy) is 1. The molecule has 0 amide bonds. The van der Waals surface area contributed by atoms with E-state index in [2.05, 4.69) is 0 Å². The zero-order chi connectivity index (χ0) is 13.1. The van der Waals surface area contributed by atoms with E-state index in [1.54, 1.807) is 13.0 Å². The lowest BCUT2D eigenvalue weighted by Gasteiger charge is -2.04. The van der Waals surface area contributed by atoms with Crippen molar-refractivity contribution >= 4 is 0 Å². The minimum Gasteiger partial charge on any atom is -0.485 e. The summed E-state index contributed by atoms with van der Waals surface area (Å²) in [6.07, 6.45) is 0. The molecule has 5 heteroatoms. The molecule has 0 radical (unpaired) electrons. The molecule has 0 unspecified atom stereocenters. The van der Waals surface area contributed by atoms with Crippen LogP contribution in [0.2, 0.25) is 0 Å². The van der Waals surface area contributed by atoms with Gasteiger partial charge in [0.25, 0.3) is 0 Å². The van der Waals surface area contributed by atoms with Crippen LogP contribution in [-0.2, 0) is 13.2 Å². The van der Waals surface area contributed by atoms with Gasteiger partial charge in [0.2, 0.25) is 0 Å². The van der Waals surface area contributed by atoms with Gasteiger partial charge < -0.3 is 14.9 Å². The molecular weight excluding hydrogens is 240 g/mol. The minimum atomic E-state index is -0.678. The number of rotatable bonds is 4. The average molecular weight is 253 g/mol. The fourth-order valence-corrected chi connectivity index (χ4v) is 1.63. The van der Waals surface area contributed by atoms with Crippen LogP contribution in [0.5, 0.6) is 5.75 Å². The third-order valence-electron chi connectivity index (χ3n) is 2.51. The standard InChI is InChI=1S/C13H13F2NO2/c1-8-9(6-16)2-13(18-8)7-17-12-4-10(14)3-11(15)5-12/h2-5H,6-7,16H2,1H3. The van der Waals surface area contributed by atoms with Crippen LogP contribution in [0, 0.1) is 18.6 Å². The molecule has 0 fully saturated rings. The highest BCUT2D eigenvalue weighted by atomic mass is 19.1. The quantitative estimate of drug-likeness (QED) is 0.911. The van der Waals surface area contributed by atoms with Crippen molar-refractivity contribution in [3.8, 4) is 5.75 Å². The molecule has 0 bridgehead atoms. The molecule has 0 atom stereocenters. The SMILES string of the molecule is Cc1oc(COc2cc(F)cc(F)c2)cc1CN. The number of nitrogens with two attached hydrogens (primary N) is 1. The van der Waals surface area contributed by atoms with Gasteiger partial charge in [0.05, 0.1) is 0 Å². The molecule has 0 aliphatic carbocycles. The molecule has 1 aromatic carbocycles. The summed E-state index contributed by atoms with van der Waals surface area (Å²) in [4.78, 5) is 0. The van der Waals surface area contributed by atoms with Crippen molar-refractivity contribution in [3.63, 3.8) is 0 Å². The van der Waals surface area contributed by atoms with E-state index in [0.717, 1.165) is 29.5 Å². The first kappa shape index (κ1) is 12.6. The molecule has 0 aliphatic rings. The van der Waals surface area contributed by atoms with Crippen molar-refractivity contribution in [2.75, 3.05) is 0 Å². The van der Waals surface area contributed by atoms with E-state index in [9.17, 15) is 8.78 Å². The normalized spacial score (nSPS) is 10.7. The fraction of sp³-hybridized carbons (Fsp3) is 0.231. The highest BCUT2D eigenvalue weighted by Gasteiger charge is 2.07. The van der Waals surface area contributed by atoms with Crippen LogP contribution in [0.3, 0.4) is 0 Å². The molecule has 96 valence electrons. The van der Waals surface area contributed by atoms with Gasteiger partial charge in [-0.15, -0.1) is 0 Å². The number of benzene rings is 1. The van der Waals surface area contributed by atoms with Gasteiger partial charge >= 0.3 is 0 Å². The van der Waals surface area contributed by atoms with Crippen LogP contribution in [0.4, 0.5) is 8.78 Å². The summed E-state index contributed by atoms with van der Waals surface area (Å²) in [7, 11) is 0. The van der Waals surface area contributed by atoms with E-state index >= 15 is 0 Å². The Labute approximate surface area is 103 Å². The highest BCUT2D eigenvalue weighted by Crippen LogP contribution is 2.19. The second-order valence-electron chi connectivity index (χ2n) is 3.89. The van der Waals surface area contributed by atoms with E-state index in [-0.39, 0.29) is 12.4 Å². The third kappa shape index (κ3) is 2.87. The highest BCUT2D eigenvalue weighted by molar-refractivity contribution is 5.25. The van der Waals surface area contributed by atoms with Crippen LogP contribution >= 0.6 is 0 Å². The van der Waals surface area contributed by atoms with Crippen molar-refractivity contribution in [1.82, 2.24) is 0 Å². The van der Waals surface area contributed by atoms with Gasteiger partial charge in [-0.1, -0.05) is 0 Å². The maximum atomic E-state index is 12.9. The topological polar surface area (TPSA) is 48.4 Å². The first-order chi connectivity index (χ1) is 8.58. The Morgan fingerprint density at radius 3 is 2.39 bits per heavy atom. The van der Waals surface area contributed by atoms with E-state index in [1.807, 2.05) is 0 Å². The summed E-state index contributed by atoms with van der Waals surface area (Å²) in [6, 6.07) is 4.78. The van der Waals surface area contributed by atoms with Crippen LogP contribution < -0.4 is 10.5 Å². The van der Waals surface area contributed by atoms with E-state index < -0.39 is 11.6 Å². The largest absolute Gasteiger partial charge is 0.485 e. The molecule has 0 saturated carbocycles. The Morgan fingerprint density at radius 2 is 1.83 bits per heavy atom. The fourth-order valence-electron chi connectivity index (χ4n) is 1.63. The van der Waals surface area contributed by atoms with Gasteiger partial charge in [-0.2, -0.15) is 0 Å². The molecule has 3 nitrogen and oxygen atoms in total. The van der Waals surface area contributed by atoms with E-state index in [0.29, 0.717) is 12.3 Å². The smallest absolute Gasteiger partial charge is 0.146 e. The average Bonchev–Trinajstić information content (AvgIpc) is 2.66. The van der Waals surface area contributed by atoms with Crippen molar-refractivity contribution in [1.29, 1.82) is 0 Å². The Balaban J connectivity index is 2.06. The second-order valence-corrected chi connectivity index (χ2v) is 3.89. The third-order valence-corrected chi connectivity index (χ3v) is 2.51. The number of halogens is 2. The summed E-state index contributed by atoms with van der Waals surface area (Å²) in [5.41, 5.74) is 6.40. The molecule has 1 aromatic heterocycles. The Hall–Kier alpha value is -1.88. The molecule has 0 aliphatic heterocycles. The molecule has 1 heterocycles. The summed E-state index contributed by atoms with van der Waals surface area (Å²) in [5, 5.41) is 0. The van der Waals surface area contributed by atoms with Crippen LogP contribution in [-0.4, -0.2) is 0 Å². The molecule has 0 saturated heterocycles. The van der Waals surface area contributed by atoms with Gasteiger partial charge in [-0.25, -0.2) is 8.78 Å². The van der Waals surface area contributed by atoms with Crippen LogP contribution in [0.25, 0.3) is 0 Å². The number of furan rings is 1. The van der Waals surface area contributed by atoms with Crippen molar-refractivity contribution in [2.45, 2.75) is 20.1 Å². The molecule has 2 rings (SSSR count). The van der Waals surface area contributed by atoms with E-state index in [4.69, 9.17) is 14.9 Å². The summed E-state index contributed by atoms with van der Waals surface area (Å²) in [5.74, 6) is 0.0570. The lowest BCUT2D eigenvalue weighted by molar-refractivity contribution is 0.265. The Kier molecular flexibility index (Phi) is 3.62. The summed E-state index contributed by atoms with van der Waals surface area (Å²) >= 11 is 0. The predicted molar refractivity (Wildman–Crippen MR) is 62.0 cm³/mol. The van der Waals surface area contributed by atoms with Crippen LogP contribution in [0.15, 0.2) is 28.7 Å². The predicted octanol–water partition coefficient (Wildman–Crippen LogP) is 2.90. The number of hydrogen-bond donors (Lipinski definition) is 1. The second kappa shape index (κ2) is 5.18. The molecule has 2 aromatic rings. The monoisotopic (exact) mass is 253 g/mol. The van der Waals surface area contributed by atoms with Gasteiger partial charge in [-0.3, -0.25) is 0 Å².